The number of aryl methyl sites for hydroxylation is 1. The molecule has 2 atom stereocenters. The third-order valence-corrected chi connectivity index (χ3v) is 13.0. The second-order valence-corrected chi connectivity index (χ2v) is 16.0. The second-order valence-electron chi connectivity index (χ2n) is 16.0. The van der Waals surface area contributed by atoms with Gasteiger partial charge in [0.25, 0.3) is 5.65 Å². The van der Waals surface area contributed by atoms with E-state index in [0.717, 1.165) is 18.8 Å². The molecule has 0 bridgehead atoms. The first kappa shape index (κ1) is 30.5. The highest BCUT2D eigenvalue weighted by Gasteiger charge is 2.54. The van der Waals surface area contributed by atoms with Gasteiger partial charge in [-0.15, -0.1) is 0 Å². The number of para-hydroxylation sites is 1. The van der Waals surface area contributed by atoms with E-state index in [1.54, 1.807) is 5.56 Å². The molecule has 2 nitrogen and oxygen atoms in total. The molecule has 2 aromatic heterocycles. The Labute approximate surface area is 271 Å². The Morgan fingerprint density at radius 2 is 1.58 bits per heavy atom. The maximum atomic E-state index is 2.72. The smallest absolute Gasteiger partial charge is 0.223 e. The number of imidazole rings is 1. The largest absolute Gasteiger partial charge is 0.296 e. The molecule has 2 heteroatoms. The molecule has 2 aliphatic rings. The fourth-order valence-corrected chi connectivity index (χ4v) is 9.56. The minimum Gasteiger partial charge on any atom is -0.223 e. The van der Waals surface area contributed by atoms with Gasteiger partial charge in [0.15, 0.2) is 5.69 Å². The Balaban J connectivity index is 1.54. The van der Waals surface area contributed by atoms with Gasteiger partial charge in [-0.3, -0.25) is 0 Å². The van der Waals surface area contributed by atoms with Gasteiger partial charge in [-0.05, 0) is 104 Å². The fourth-order valence-electron chi connectivity index (χ4n) is 9.56. The Morgan fingerprint density at radius 1 is 0.844 bits per heavy atom. The molecule has 236 valence electrons. The van der Waals surface area contributed by atoms with Crippen molar-refractivity contribution in [3.8, 4) is 11.3 Å². The second kappa shape index (κ2) is 11.0. The zero-order chi connectivity index (χ0) is 31.7. The summed E-state index contributed by atoms with van der Waals surface area (Å²) in [5, 5.41) is 4.20. The standard InChI is InChI=1S/C43H55N2/c1-9-12-16-29-21-26-33(35(27-29)30-22-24-31(25-23-30)41(4,5)6)38-28-44-40-39-34(32-17-13-14-20-37(32)45(38)40)18-15-19-36(39)42(7,10-2)43(44,8)11-3/h13-15,17-21,26-28,30-31H,9-12,16,22-25H2,1-8H3/q+1. The van der Waals surface area contributed by atoms with Crippen molar-refractivity contribution in [2.75, 3.05) is 0 Å². The van der Waals surface area contributed by atoms with Gasteiger partial charge in [-0.1, -0.05) is 103 Å². The number of pyridine rings is 1. The van der Waals surface area contributed by atoms with Gasteiger partial charge in [0, 0.05) is 21.8 Å². The number of hydrogen-bond donors (Lipinski definition) is 0. The minimum atomic E-state index is -0.0407. The van der Waals surface area contributed by atoms with Crippen molar-refractivity contribution < 1.29 is 4.57 Å². The van der Waals surface area contributed by atoms with E-state index in [1.807, 2.05) is 0 Å². The van der Waals surface area contributed by atoms with Crippen LogP contribution in [0.3, 0.4) is 0 Å². The van der Waals surface area contributed by atoms with Gasteiger partial charge >= 0.3 is 0 Å². The summed E-state index contributed by atoms with van der Waals surface area (Å²) in [5.41, 5.74) is 10.5. The molecule has 0 amide bonds. The number of fused-ring (bicyclic) bond motifs is 3. The molecule has 2 unspecified atom stereocenters. The molecule has 1 fully saturated rings. The summed E-state index contributed by atoms with van der Waals surface area (Å²) in [7, 11) is 0. The molecule has 0 N–H and O–H groups in total. The van der Waals surface area contributed by atoms with E-state index in [1.165, 1.54) is 94.7 Å². The summed E-state index contributed by atoms with van der Waals surface area (Å²) in [4.78, 5) is 0. The Hall–Kier alpha value is -3.13. The van der Waals surface area contributed by atoms with Gasteiger partial charge in [0.05, 0.1) is 5.39 Å². The summed E-state index contributed by atoms with van der Waals surface area (Å²) in [5.74, 6) is 1.43. The fraction of sp³-hybridized carbons (Fsp3) is 0.512. The van der Waals surface area contributed by atoms with Gasteiger partial charge in [0.1, 0.15) is 17.3 Å². The molecule has 0 radical (unpaired) electrons. The summed E-state index contributed by atoms with van der Waals surface area (Å²) in [6.45, 7) is 19.5. The molecule has 1 saturated carbocycles. The first-order valence-electron chi connectivity index (χ1n) is 18.1. The van der Waals surface area contributed by atoms with Crippen LogP contribution in [0.5, 0.6) is 0 Å². The molecule has 3 aromatic carbocycles. The molecule has 5 aromatic rings. The third-order valence-electron chi connectivity index (χ3n) is 13.0. The number of benzene rings is 3. The van der Waals surface area contributed by atoms with E-state index in [2.05, 4.69) is 131 Å². The van der Waals surface area contributed by atoms with Crippen LogP contribution in [0.25, 0.3) is 38.6 Å². The highest BCUT2D eigenvalue weighted by molar-refractivity contribution is 6.13. The predicted octanol–water partition coefficient (Wildman–Crippen LogP) is 11.7. The SMILES string of the molecule is CCCCc1ccc(-c2c[n+]3c4c5c(cccc5c5ccccc5n24)C(C)(CC)C3(C)CC)c(C2CCC(C(C)(C)C)CC2)c1. The van der Waals surface area contributed by atoms with Crippen molar-refractivity contribution in [1.82, 2.24) is 4.40 Å². The Bertz CT molecular complexity index is 1890. The van der Waals surface area contributed by atoms with Crippen molar-refractivity contribution in [3.05, 3.63) is 83.6 Å². The quantitative estimate of drug-likeness (QED) is 0.130. The van der Waals surface area contributed by atoms with Crippen molar-refractivity contribution in [2.24, 2.45) is 11.3 Å². The molecular weight excluding hydrogens is 544 g/mol. The molecule has 1 aliphatic heterocycles. The van der Waals surface area contributed by atoms with Crippen molar-refractivity contribution in [1.29, 1.82) is 0 Å². The van der Waals surface area contributed by atoms with Crippen LogP contribution in [-0.2, 0) is 17.4 Å². The lowest BCUT2D eigenvalue weighted by molar-refractivity contribution is -0.750. The van der Waals surface area contributed by atoms with Crippen molar-refractivity contribution in [3.63, 3.8) is 0 Å². The Kier molecular flexibility index (Phi) is 7.46. The van der Waals surface area contributed by atoms with E-state index in [-0.39, 0.29) is 11.0 Å². The van der Waals surface area contributed by atoms with Crippen LogP contribution in [0.15, 0.2) is 66.9 Å². The number of rotatable bonds is 7. The lowest BCUT2D eigenvalue weighted by Gasteiger charge is -2.46. The van der Waals surface area contributed by atoms with Crippen LogP contribution >= 0.6 is 0 Å². The number of hydrogen-bond acceptors (Lipinski definition) is 0. The average molecular weight is 600 g/mol. The topological polar surface area (TPSA) is 8.29 Å². The van der Waals surface area contributed by atoms with Crippen LogP contribution in [0.4, 0.5) is 0 Å². The zero-order valence-corrected chi connectivity index (χ0v) is 29.3. The number of nitrogens with zero attached hydrogens (tertiary/aromatic N) is 2. The monoisotopic (exact) mass is 599 g/mol. The van der Waals surface area contributed by atoms with E-state index in [0.29, 0.717) is 11.3 Å². The van der Waals surface area contributed by atoms with Crippen molar-refractivity contribution >= 4 is 27.3 Å². The Morgan fingerprint density at radius 3 is 2.27 bits per heavy atom. The zero-order valence-electron chi connectivity index (χ0n) is 29.3. The lowest BCUT2D eigenvalue weighted by atomic mass is 9.62. The normalized spacial score (nSPS) is 25.2. The molecule has 1 aliphatic carbocycles. The van der Waals surface area contributed by atoms with E-state index < -0.39 is 0 Å². The summed E-state index contributed by atoms with van der Waals surface area (Å²) >= 11 is 0. The first-order valence-corrected chi connectivity index (χ1v) is 18.1. The molecule has 3 heterocycles. The maximum Gasteiger partial charge on any atom is 0.296 e. The van der Waals surface area contributed by atoms with E-state index in [9.17, 15) is 0 Å². The van der Waals surface area contributed by atoms with Crippen LogP contribution < -0.4 is 4.57 Å². The first-order chi connectivity index (χ1) is 21.6. The summed E-state index contributed by atoms with van der Waals surface area (Å²) in [6, 6.07) is 23.9. The molecule has 0 saturated heterocycles. The number of aromatic nitrogens is 2. The van der Waals surface area contributed by atoms with Crippen LogP contribution in [0, 0.1) is 11.3 Å². The minimum absolute atomic E-state index is 0.0265. The van der Waals surface area contributed by atoms with Gasteiger partial charge in [-0.2, -0.15) is 4.40 Å². The molecule has 45 heavy (non-hydrogen) atoms. The third kappa shape index (κ3) is 4.44. The predicted molar refractivity (Wildman–Crippen MR) is 192 cm³/mol. The number of unbranched alkanes of at least 4 members (excludes halogenated alkanes) is 1. The van der Waals surface area contributed by atoms with Crippen LogP contribution in [-0.4, -0.2) is 4.40 Å². The van der Waals surface area contributed by atoms with Gasteiger partial charge in [-0.25, -0.2) is 4.57 Å². The molecular formula is C43H55N2+. The molecule has 0 spiro atoms. The summed E-state index contributed by atoms with van der Waals surface area (Å²) in [6.07, 6.45) is 13.7. The van der Waals surface area contributed by atoms with E-state index >= 15 is 0 Å². The van der Waals surface area contributed by atoms with Gasteiger partial charge in [0.2, 0.25) is 0 Å². The van der Waals surface area contributed by atoms with E-state index in [4.69, 9.17) is 0 Å². The van der Waals surface area contributed by atoms with Crippen LogP contribution in [0.2, 0.25) is 0 Å². The highest BCUT2D eigenvalue weighted by Crippen LogP contribution is 2.52. The lowest BCUT2D eigenvalue weighted by Crippen LogP contribution is -2.65. The highest BCUT2D eigenvalue weighted by atomic mass is 15.2. The van der Waals surface area contributed by atoms with Gasteiger partial charge < -0.3 is 0 Å². The average Bonchev–Trinajstić information content (AvgIpc) is 3.47. The molecule has 7 rings (SSSR count). The maximum absolute atomic E-state index is 2.72. The van der Waals surface area contributed by atoms with Crippen LogP contribution in [0.1, 0.15) is 129 Å². The van der Waals surface area contributed by atoms with Crippen molar-refractivity contribution in [2.45, 2.75) is 130 Å². The summed E-state index contributed by atoms with van der Waals surface area (Å²) < 4.78 is 5.38.